The lowest BCUT2D eigenvalue weighted by Crippen LogP contribution is -2.57. The zero-order valence-corrected chi connectivity index (χ0v) is 18.1. The molecular formula is C24H22F3N5O2. The van der Waals surface area contributed by atoms with Gasteiger partial charge in [-0.3, -0.25) is 9.89 Å². The maximum atomic E-state index is 13.5. The van der Waals surface area contributed by atoms with E-state index in [1.165, 1.54) is 18.3 Å². The van der Waals surface area contributed by atoms with Crippen molar-refractivity contribution in [2.45, 2.75) is 18.8 Å². The molecule has 2 aromatic carbocycles. The van der Waals surface area contributed by atoms with Gasteiger partial charge in [-0.2, -0.15) is 23.5 Å². The number of aromatic nitrogens is 2. The minimum Gasteiger partial charge on any atom is -0.375 e. The number of anilines is 1. The fraction of sp³-hybridized carbons (Fsp3) is 0.292. The summed E-state index contributed by atoms with van der Waals surface area (Å²) in [5.41, 5.74) is 0.253. The highest BCUT2D eigenvalue weighted by Gasteiger charge is 2.36. The summed E-state index contributed by atoms with van der Waals surface area (Å²) in [5.74, 6) is -0.249. The molecule has 1 aliphatic heterocycles. The van der Waals surface area contributed by atoms with Gasteiger partial charge in [-0.15, -0.1) is 0 Å². The lowest BCUT2D eigenvalue weighted by Gasteiger charge is -2.42. The van der Waals surface area contributed by atoms with Crippen LogP contribution in [0.25, 0.3) is 0 Å². The van der Waals surface area contributed by atoms with Crippen LogP contribution in [0.15, 0.2) is 60.8 Å². The number of hydrogen-bond acceptors (Lipinski definition) is 5. The van der Waals surface area contributed by atoms with Gasteiger partial charge in [0.1, 0.15) is 5.69 Å². The summed E-state index contributed by atoms with van der Waals surface area (Å²) in [7, 11) is 0. The maximum absolute atomic E-state index is 13.5. The molecule has 1 amide bonds. The van der Waals surface area contributed by atoms with Gasteiger partial charge in [-0.25, -0.2) is 0 Å². The normalized spacial score (nSPS) is 16.4. The third-order valence-electron chi connectivity index (χ3n) is 5.69. The second-order valence-electron chi connectivity index (χ2n) is 7.91. The zero-order chi connectivity index (χ0) is 24.1. The first-order valence-corrected chi connectivity index (χ1v) is 10.6. The highest BCUT2D eigenvalue weighted by molar-refractivity contribution is 5.92. The van der Waals surface area contributed by atoms with E-state index < -0.39 is 23.3 Å². The number of nitrogens with one attached hydrogen (secondary N) is 1. The molecule has 1 atom stereocenters. The van der Waals surface area contributed by atoms with E-state index in [0.717, 1.165) is 11.6 Å². The molecular weight excluding hydrogens is 447 g/mol. The Kier molecular flexibility index (Phi) is 6.84. The number of H-pyrrole nitrogens is 1. The fourth-order valence-electron chi connectivity index (χ4n) is 3.98. The number of nitrogens with zero attached hydrogens (tertiary/aromatic N) is 4. The van der Waals surface area contributed by atoms with Crippen molar-refractivity contribution in [1.29, 1.82) is 5.26 Å². The van der Waals surface area contributed by atoms with Gasteiger partial charge in [0.2, 0.25) is 0 Å². The maximum Gasteiger partial charge on any atom is 0.417 e. The Bertz CT molecular complexity index is 1160. The largest absolute Gasteiger partial charge is 0.417 e. The number of alkyl halides is 3. The summed E-state index contributed by atoms with van der Waals surface area (Å²) in [6, 6.07) is 16.0. The first kappa shape index (κ1) is 23.3. The van der Waals surface area contributed by atoms with Gasteiger partial charge in [-0.05, 0) is 29.8 Å². The molecule has 1 unspecified atom stereocenters. The van der Waals surface area contributed by atoms with Crippen LogP contribution < -0.4 is 4.90 Å². The highest BCUT2D eigenvalue weighted by atomic mass is 19.4. The number of amides is 1. The Hall–Kier alpha value is -3.84. The summed E-state index contributed by atoms with van der Waals surface area (Å²) in [5, 5.41) is 15.6. The predicted octanol–water partition coefficient (Wildman–Crippen LogP) is 3.85. The topological polar surface area (TPSA) is 85.3 Å². The molecule has 3 aromatic rings. The Morgan fingerprint density at radius 3 is 2.65 bits per heavy atom. The van der Waals surface area contributed by atoms with E-state index in [-0.39, 0.29) is 19.1 Å². The van der Waals surface area contributed by atoms with Crippen LogP contribution >= 0.6 is 0 Å². The van der Waals surface area contributed by atoms with Crippen molar-refractivity contribution in [2.24, 2.45) is 0 Å². The van der Waals surface area contributed by atoms with Crippen LogP contribution in [-0.2, 0) is 17.5 Å². The highest BCUT2D eigenvalue weighted by Crippen LogP contribution is 2.35. The average molecular weight is 469 g/mol. The molecule has 4 rings (SSSR count). The van der Waals surface area contributed by atoms with E-state index >= 15 is 0 Å². The lowest BCUT2D eigenvalue weighted by molar-refractivity contribution is -0.137. The molecule has 0 radical (unpaired) electrons. The number of benzene rings is 2. The number of carbonyl (C=O) groups excluding carboxylic acids is 1. The quantitative estimate of drug-likeness (QED) is 0.593. The third-order valence-corrected chi connectivity index (χ3v) is 5.69. The predicted molar refractivity (Wildman–Crippen MR) is 118 cm³/mol. The number of hydrogen-bond donors (Lipinski definition) is 1. The van der Waals surface area contributed by atoms with Gasteiger partial charge in [0.15, 0.2) is 0 Å². The Morgan fingerprint density at radius 1 is 1.18 bits per heavy atom. The van der Waals surface area contributed by atoms with Crippen molar-refractivity contribution in [3.63, 3.8) is 0 Å². The molecule has 2 heterocycles. The van der Waals surface area contributed by atoms with Gasteiger partial charge in [0.05, 0.1) is 36.5 Å². The lowest BCUT2D eigenvalue weighted by atomic mass is 10.0. The summed E-state index contributed by atoms with van der Waals surface area (Å²) < 4.78 is 46.3. The van der Waals surface area contributed by atoms with E-state index in [0.29, 0.717) is 31.1 Å². The molecule has 1 N–H and O–H groups in total. The van der Waals surface area contributed by atoms with Crippen LogP contribution in [0.3, 0.4) is 0 Å². The number of nitriles is 1. The van der Waals surface area contributed by atoms with Crippen LogP contribution in [0.2, 0.25) is 0 Å². The van der Waals surface area contributed by atoms with E-state index in [1.54, 1.807) is 21.9 Å². The molecule has 34 heavy (non-hydrogen) atoms. The van der Waals surface area contributed by atoms with E-state index in [4.69, 9.17) is 10.00 Å². The van der Waals surface area contributed by atoms with Crippen molar-refractivity contribution in [3.05, 3.63) is 83.2 Å². The monoisotopic (exact) mass is 469 g/mol. The van der Waals surface area contributed by atoms with Gasteiger partial charge in [0, 0.05) is 31.5 Å². The molecule has 7 nitrogen and oxygen atoms in total. The van der Waals surface area contributed by atoms with Gasteiger partial charge < -0.3 is 14.5 Å². The number of halogens is 3. The Balaban J connectivity index is 1.54. The van der Waals surface area contributed by atoms with E-state index in [9.17, 15) is 18.0 Å². The van der Waals surface area contributed by atoms with Gasteiger partial charge >= 0.3 is 6.18 Å². The van der Waals surface area contributed by atoms with Crippen LogP contribution in [0.1, 0.15) is 27.2 Å². The van der Waals surface area contributed by atoms with Gasteiger partial charge in [0.25, 0.3) is 5.91 Å². The van der Waals surface area contributed by atoms with E-state index in [2.05, 4.69) is 10.2 Å². The SMILES string of the molecule is N#Cc1ccc(N2CCN(C(=O)c3ccn[nH]3)C(COCc3ccccc3)C2)cc1C(F)(F)F. The van der Waals surface area contributed by atoms with Crippen molar-refractivity contribution in [3.8, 4) is 6.07 Å². The smallest absolute Gasteiger partial charge is 0.375 e. The Labute approximate surface area is 194 Å². The number of aromatic amines is 1. The number of carbonyl (C=O) groups is 1. The summed E-state index contributed by atoms with van der Waals surface area (Å²) in [6.45, 7) is 1.45. The molecule has 1 aliphatic rings. The van der Waals surface area contributed by atoms with Crippen LogP contribution in [0.5, 0.6) is 0 Å². The standard InChI is InChI=1S/C24H22F3N5O2/c25-24(26,27)21-12-19(7-6-18(21)13-28)31-10-11-32(23(33)22-8-9-29-30-22)20(14-31)16-34-15-17-4-2-1-3-5-17/h1-9,12,20H,10-11,14-16H2,(H,29,30). The molecule has 10 heteroatoms. The second kappa shape index (κ2) is 9.97. The van der Waals surface area contributed by atoms with Gasteiger partial charge in [-0.1, -0.05) is 30.3 Å². The first-order valence-electron chi connectivity index (χ1n) is 10.6. The summed E-state index contributed by atoms with van der Waals surface area (Å²) in [4.78, 5) is 16.4. The van der Waals surface area contributed by atoms with Crippen molar-refractivity contribution >= 4 is 11.6 Å². The van der Waals surface area contributed by atoms with Crippen LogP contribution in [0, 0.1) is 11.3 Å². The number of ether oxygens (including phenoxy) is 1. The number of piperazine rings is 1. The Morgan fingerprint density at radius 2 is 1.97 bits per heavy atom. The molecule has 0 aliphatic carbocycles. The van der Waals surface area contributed by atoms with Crippen molar-refractivity contribution in [2.75, 3.05) is 31.1 Å². The molecule has 1 saturated heterocycles. The molecule has 176 valence electrons. The van der Waals surface area contributed by atoms with Crippen molar-refractivity contribution < 1.29 is 22.7 Å². The molecule has 1 fully saturated rings. The first-order chi connectivity index (χ1) is 16.4. The minimum absolute atomic E-state index is 0.202. The zero-order valence-electron chi connectivity index (χ0n) is 18.1. The van der Waals surface area contributed by atoms with Crippen molar-refractivity contribution in [1.82, 2.24) is 15.1 Å². The molecule has 0 spiro atoms. The van der Waals surface area contributed by atoms with Crippen LogP contribution in [0.4, 0.5) is 18.9 Å². The fourth-order valence-corrected chi connectivity index (χ4v) is 3.98. The number of rotatable bonds is 6. The molecule has 0 bridgehead atoms. The molecule has 0 saturated carbocycles. The molecule has 1 aromatic heterocycles. The second-order valence-corrected chi connectivity index (χ2v) is 7.91. The average Bonchev–Trinajstić information content (AvgIpc) is 3.38. The summed E-state index contributed by atoms with van der Waals surface area (Å²) >= 11 is 0. The minimum atomic E-state index is -4.64. The van der Waals surface area contributed by atoms with E-state index in [1.807, 2.05) is 30.3 Å². The van der Waals surface area contributed by atoms with Crippen LogP contribution in [-0.4, -0.2) is 53.3 Å². The summed E-state index contributed by atoms with van der Waals surface area (Å²) in [6.07, 6.45) is -3.16. The third kappa shape index (κ3) is 5.21.